The maximum atomic E-state index is 12.4. The average Bonchev–Trinajstić information content (AvgIpc) is 3.31. The summed E-state index contributed by atoms with van der Waals surface area (Å²) in [6.07, 6.45) is 1.44. The highest BCUT2D eigenvalue weighted by Crippen LogP contribution is 2.23. The zero-order valence-electron chi connectivity index (χ0n) is 16.3. The second-order valence-corrected chi connectivity index (χ2v) is 6.33. The third-order valence-corrected chi connectivity index (χ3v) is 4.57. The lowest BCUT2D eigenvalue weighted by atomic mass is 10.2. The molecule has 0 radical (unpaired) electrons. The van der Waals surface area contributed by atoms with Crippen molar-refractivity contribution in [1.82, 2.24) is 9.80 Å². The van der Waals surface area contributed by atoms with Gasteiger partial charge >= 0.3 is 5.97 Å². The van der Waals surface area contributed by atoms with Crippen LogP contribution in [-0.2, 0) is 9.53 Å². The minimum atomic E-state index is -0.651. The summed E-state index contributed by atoms with van der Waals surface area (Å²) in [5.41, 5.74) is 0.225. The van der Waals surface area contributed by atoms with Gasteiger partial charge in [-0.25, -0.2) is 4.79 Å². The summed E-state index contributed by atoms with van der Waals surface area (Å²) in [6, 6.07) is 7.90. The molecule has 1 saturated heterocycles. The number of hydrogen-bond acceptors (Lipinski definition) is 7. The summed E-state index contributed by atoms with van der Waals surface area (Å²) >= 11 is 0. The fourth-order valence-electron chi connectivity index (χ4n) is 2.94. The first-order chi connectivity index (χ1) is 14.0. The molecule has 2 heterocycles. The normalized spacial score (nSPS) is 13.7. The summed E-state index contributed by atoms with van der Waals surface area (Å²) < 4.78 is 20.5. The highest BCUT2D eigenvalue weighted by atomic mass is 16.5. The van der Waals surface area contributed by atoms with E-state index in [9.17, 15) is 14.4 Å². The minimum Gasteiger partial charge on any atom is -0.497 e. The van der Waals surface area contributed by atoms with Crippen molar-refractivity contribution in [2.75, 3.05) is 47.0 Å². The van der Waals surface area contributed by atoms with E-state index in [4.69, 9.17) is 18.6 Å². The SMILES string of the molecule is COc1cc(OC)cc(C(=O)OCC(=O)N2CCN(C(=O)c3ccco3)CC2)c1. The molecule has 154 valence electrons. The molecule has 1 aromatic heterocycles. The smallest absolute Gasteiger partial charge is 0.338 e. The second-order valence-electron chi connectivity index (χ2n) is 6.33. The van der Waals surface area contributed by atoms with Crippen LogP contribution in [0.3, 0.4) is 0 Å². The molecule has 1 fully saturated rings. The van der Waals surface area contributed by atoms with Crippen LogP contribution in [0, 0.1) is 0 Å². The van der Waals surface area contributed by atoms with Crippen LogP contribution >= 0.6 is 0 Å². The molecule has 0 spiro atoms. The molecule has 2 aromatic rings. The van der Waals surface area contributed by atoms with Crippen molar-refractivity contribution in [1.29, 1.82) is 0 Å². The quantitative estimate of drug-likeness (QED) is 0.674. The third-order valence-electron chi connectivity index (χ3n) is 4.57. The number of furan rings is 1. The first kappa shape index (κ1) is 20.2. The molecule has 2 amide bonds. The summed E-state index contributed by atoms with van der Waals surface area (Å²) in [6.45, 7) is 1.09. The average molecular weight is 402 g/mol. The van der Waals surface area contributed by atoms with Crippen LogP contribution in [0.2, 0.25) is 0 Å². The molecule has 0 unspecified atom stereocenters. The second kappa shape index (κ2) is 9.13. The fraction of sp³-hybridized carbons (Fsp3) is 0.350. The van der Waals surface area contributed by atoms with E-state index < -0.39 is 5.97 Å². The number of methoxy groups -OCH3 is 2. The van der Waals surface area contributed by atoms with E-state index in [1.807, 2.05) is 0 Å². The molecule has 1 aliphatic heterocycles. The lowest BCUT2D eigenvalue weighted by Gasteiger charge is -2.34. The van der Waals surface area contributed by atoms with Gasteiger partial charge in [-0.2, -0.15) is 0 Å². The Balaban J connectivity index is 1.50. The van der Waals surface area contributed by atoms with Crippen LogP contribution in [0.15, 0.2) is 41.0 Å². The van der Waals surface area contributed by atoms with Crippen LogP contribution in [0.25, 0.3) is 0 Å². The Labute approximate surface area is 167 Å². The molecule has 29 heavy (non-hydrogen) atoms. The Bertz CT molecular complexity index is 849. The number of nitrogens with zero attached hydrogens (tertiary/aromatic N) is 2. The van der Waals surface area contributed by atoms with E-state index in [-0.39, 0.29) is 29.7 Å². The molecular formula is C20H22N2O7. The zero-order valence-corrected chi connectivity index (χ0v) is 16.3. The van der Waals surface area contributed by atoms with Gasteiger partial charge in [0.2, 0.25) is 0 Å². The van der Waals surface area contributed by atoms with Gasteiger partial charge in [0.05, 0.1) is 26.0 Å². The Morgan fingerprint density at radius 2 is 1.59 bits per heavy atom. The Kier molecular flexibility index (Phi) is 6.38. The third kappa shape index (κ3) is 4.87. The highest BCUT2D eigenvalue weighted by Gasteiger charge is 2.26. The monoisotopic (exact) mass is 402 g/mol. The standard InChI is InChI=1S/C20H22N2O7/c1-26-15-10-14(11-16(12-15)27-2)20(25)29-13-18(23)21-5-7-22(8-6-21)19(24)17-4-3-9-28-17/h3-4,9-12H,5-8,13H2,1-2H3. The summed E-state index contributed by atoms with van der Waals surface area (Å²) in [5.74, 6) is -0.0200. The van der Waals surface area contributed by atoms with E-state index in [2.05, 4.69) is 0 Å². The fourth-order valence-corrected chi connectivity index (χ4v) is 2.94. The topological polar surface area (TPSA) is 98.5 Å². The van der Waals surface area contributed by atoms with E-state index in [1.165, 1.54) is 32.6 Å². The van der Waals surface area contributed by atoms with Crippen molar-refractivity contribution in [3.63, 3.8) is 0 Å². The van der Waals surface area contributed by atoms with Crippen molar-refractivity contribution in [3.8, 4) is 11.5 Å². The first-order valence-corrected chi connectivity index (χ1v) is 9.02. The Morgan fingerprint density at radius 3 is 2.14 bits per heavy atom. The molecule has 0 saturated carbocycles. The van der Waals surface area contributed by atoms with E-state index in [0.29, 0.717) is 37.7 Å². The van der Waals surface area contributed by atoms with Gasteiger partial charge in [0, 0.05) is 32.2 Å². The van der Waals surface area contributed by atoms with Gasteiger partial charge in [0.25, 0.3) is 11.8 Å². The number of carbonyl (C=O) groups is 3. The molecule has 1 aromatic carbocycles. The van der Waals surface area contributed by atoms with Crippen LogP contribution < -0.4 is 9.47 Å². The largest absolute Gasteiger partial charge is 0.497 e. The van der Waals surface area contributed by atoms with Crippen LogP contribution in [0.5, 0.6) is 11.5 Å². The molecule has 1 aliphatic rings. The van der Waals surface area contributed by atoms with Crippen molar-refractivity contribution in [2.24, 2.45) is 0 Å². The Hall–Kier alpha value is -3.49. The number of carbonyl (C=O) groups excluding carboxylic acids is 3. The molecule has 9 heteroatoms. The van der Waals surface area contributed by atoms with Gasteiger partial charge < -0.3 is 28.4 Å². The van der Waals surface area contributed by atoms with Crippen molar-refractivity contribution in [3.05, 3.63) is 47.9 Å². The number of rotatable bonds is 6. The summed E-state index contributed by atoms with van der Waals surface area (Å²) in [4.78, 5) is 40.1. The van der Waals surface area contributed by atoms with Gasteiger partial charge in [-0.05, 0) is 24.3 Å². The number of piperazine rings is 1. The summed E-state index contributed by atoms with van der Waals surface area (Å²) in [5, 5.41) is 0. The number of ether oxygens (including phenoxy) is 3. The predicted octanol–water partition coefficient (Wildman–Crippen LogP) is 1.44. The Morgan fingerprint density at radius 1 is 0.966 bits per heavy atom. The van der Waals surface area contributed by atoms with Crippen molar-refractivity contribution < 1.29 is 33.0 Å². The molecule has 0 aliphatic carbocycles. The molecule has 0 N–H and O–H groups in total. The van der Waals surface area contributed by atoms with Crippen LogP contribution in [0.4, 0.5) is 0 Å². The van der Waals surface area contributed by atoms with Crippen molar-refractivity contribution in [2.45, 2.75) is 0 Å². The van der Waals surface area contributed by atoms with Gasteiger partial charge in [-0.1, -0.05) is 0 Å². The number of esters is 1. The molecule has 0 bridgehead atoms. The first-order valence-electron chi connectivity index (χ1n) is 9.02. The van der Waals surface area contributed by atoms with Crippen LogP contribution in [-0.4, -0.2) is 74.6 Å². The van der Waals surface area contributed by atoms with E-state index in [1.54, 1.807) is 28.0 Å². The molecule has 0 atom stereocenters. The number of hydrogen-bond donors (Lipinski definition) is 0. The maximum Gasteiger partial charge on any atom is 0.338 e. The number of benzene rings is 1. The minimum absolute atomic E-state index is 0.208. The zero-order chi connectivity index (χ0) is 20.8. The van der Waals surface area contributed by atoms with E-state index >= 15 is 0 Å². The van der Waals surface area contributed by atoms with Gasteiger partial charge in [0.15, 0.2) is 12.4 Å². The molecule has 9 nitrogen and oxygen atoms in total. The lowest BCUT2D eigenvalue weighted by molar-refractivity contribution is -0.136. The highest BCUT2D eigenvalue weighted by molar-refractivity contribution is 5.93. The van der Waals surface area contributed by atoms with Gasteiger partial charge in [0.1, 0.15) is 11.5 Å². The molecular weight excluding hydrogens is 380 g/mol. The predicted molar refractivity (Wildman–Crippen MR) is 101 cm³/mol. The van der Waals surface area contributed by atoms with E-state index in [0.717, 1.165) is 0 Å². The van der Waals surface area contributed by atoms with Gasteiger partial charge in [-0.3, -0.25) is 9.59 Å². The lowest BCUT2D eigenvalue weighted by Crippen LogP contribution is -2.51. The maximum absolute atomic E-state index is 12.4. The van der Waals surface area contributed by atoms with Gasteiger partial charge in [-0.15, -0.1) is 0 Å². The van der Waals surface area contributed by atoms with Crippen LogP contribution in [0.1, 0.15) is 20.9 Å². The summed E-state index contributed by atoms with van der Waals surface area (Å²) in [7, 11) is 2.95. The number of amides is 2. The van der Waals surface area contributed by atoms with Crippen molar-refractivity contribution >= 4 is 17.8 Å². The molecule has 3 rings (SSSR count).